The van der Waals surface area contributed by atoms with E-state index in [1.54, 1.807) is 0 Å². The van der Waals surface area contributed by atoms with E-state index in [9.17, 15) is 4.79 Å². The lowest BCUT2D eigenvalue weighted by Crippen LogP contribution is -3.15. The van der Waals surface area contributed by atoms with Crippen molar-refractivity contribution < 1.29 is 9.69 Å². The van der Waals surface area contributed by atoms with Crippen LogP contribution >= 0.6 is 11.6 Å². The minimum absolute atomic E-state index is 0.253. The molecular formula is C20H27ClN3O+. The third-order valence-electron chi connectivity index (χ3n) is 5.47. The van der Waals surface area contributed by atoms with Gasteiger partial charge in [-0.2, -0.15) is 0 Å². The van der Waals surface area contributed by atoms with Crippen LogP contribution in [0.5, 0.6) is 0 Å². The number of benzene rings is 1. The Hall–Kier alpha value is -1.78. The molecule has 1 N–H and O–H groups in total. The fourth-order valence-corrected chi connectivity index (χ4v) is 3.79. The van der Waals surface area contributed by atoms with Gasteiger partial charge in [-0.1, -0.05) is 17.7 Å². The Kier molecular flexibility index (Phi) is 5.21. The van der Waals surface area contributed by atoms with Crippen molar-refractivity contribution in [2.45, 2.75) is 20.8 Å². The average molecular weight is 361 g/mol. The Morgan fingerprint density at radius 1 is 1.16 bits per heavy atom. The molecule has 5 heteroatoms. The lowest BCUT2D eigenvalue weighted by Gasteiger charge is -2.34. The van der Waals surface area contributed by atoms with E-state index in [1.807, 2.05) is 39.1 Å². The van der Waals surface area contributed by atoms with Gasteiger partial charge in [-0.25, -0.2) is 0 Å². The maximum atomic E-state index is 12.7. The van der Waals surface area contributed by atoms with Crippen LogP contribution in [-0.2, 0) is 7.05 Å². The van der Waals surface area contributed by atoms with Gasteiger partial charge in [0.2, 0.25) is 5.78 Å². The molecule has 0 radical (unpaired) electrons. The molecule has 0 spiro atoms. The molecule has 0 saturated carbocycles. The molecule has 0 atom stereocenters. The Balaban J connectivity index is 1.62. The number of hydrogen-bond donors (Lipinski definition) is 1. The molecule has 1 fully saturated rings. The van der Waals surface area contributed by atoms with E-state index >= 15 is 0 Å². The number of aryl methyl sites for hydroxylation is 2. The molecular weight excluding hydrogens is 334 g/mol. The predicted octanol–water partition coefficient (Wildman–Crippen LogP) is 2.19. The van der Waals surface area contributed by atoms with Gasteiger partial charge < -0.3 is 14.4 Å². The highest BCUT2D eigenvalue weighted by atomic mass is 35.5. The van der Waals surface area contributed by atoms with Crippen LogP contribution in [0.25, 0.3) is 0 Å². The lowest BCUT2D eigenvalue weighted by atomic mass is 10.1. The smallest absolute Gasteiger partial charge is 0.218 e. The number of nitrogens with one attached hydrogen (secondary N) is 1. The molecule has 134 valence electrons. The van der Waals surface area contributed by atoms with E-state index in [4.69, 9.17) is 11.6 Å². The molecule has 1 aliphatic rings. The highest BCUT2D eigenvalue weighted by Crippen LogP contribution is 2.24. The molecule has 1 saturated heterocycles. The van der Waals surface area contributed by atoms with Crippen LogP contribution in [0.2, 0.25) is 5.02 Å². The third kappa shape index (κ3) is 3.75. The summed E-state index contributed by atoms with van der Waals surface area (Å²) in [6.45, 7) is 10.6. The predicted molar refractivity (Wildman–Crippen MR) is 103 cm³/mol. The summed E-state index contributed by atoms with van der Waals surface area (Å²) in [5, 5.41) is 0.778. The van der Waals surface area contributed by atoms with E-state index in [2.05, 4.69) is 22.5 Å². The van der Waals surface area contributed by atoms with Crippen LogP contribution < -0.4 is 9.80 Å². The van der Waals surface area contributed by atoms with Gasteiger partial charge in [0, 0.05) is 34.7 Å². The number of aromatic nitrogens is 1. The normalized spacial score (nSPS) is 15.6. The summed E-state index contributed by atoms with van der Waals surface area (Å²) in [7, 11) is 2.01. The van der Waals surface area contributed by atoms with Gasteiger partial charge in [-0.3, -0.25) is 4.79 Å². The number of quaternary nitrogens is 1. The minimum Gasteiger partial charge on any atom is -0.360 e. The standard InChI is InChI=1S/C20H26ClN3O/c1-14-5-6-17(21)12-19(14)24-9-7-23(8-10-24)13-20(25)18-11-15(2)22(4)16(18)3/h5-6,11-12H,7-10,13H2,1-4H3/p+1. The number of carbonyl (C=O) groups excluding carboxylic acids is 1. The summed E-state index contributed by atoms with van der Waals surface area (Å²) in [6.07, 6.45) is 0. The summed E-state index contributed by atoms with van der Waals surface area (Å²) in [5.41, 5.74) is 5.54. The quantitative estimate of drug-likeness (QED) is 0.847. The molecule has 25 heavy (non-hydrogen) atoms. The third-order valence-corrected chi connectivity index (χ3v) is 5.70. The highest BCUT2D eigenvalue weighted by Gasteiger charge is 2.25. The van der Waals surface area contributed by atoms with E-state index < -0.39 is 0 Å². The second-order valence-corrected chi connectivity index (χ2v) is 7.55. The number of rotatable bonds is 4. The number of halogens is 1. The van der Waals surface area contributed by atoms with Crippen molar-refractivity contribution in [3.63, 3.8) is 0 Å². The number of carbonyl (C=O) groups is 1. The second-order valence-electron chi connectivity index (χ2n) is 7.11. The molecule has 0 bridgehead atoms. The molecule has 0 unspecified atom stereocenters. The summed E-state index contributed by atoms with van der Waals surface area (Å²) in [4.78, 5) is 16.4. The molecule has 1 aliphatic heterocycles. The molecule has 2 aromatic rings. The van der Waals surface area contributed by atoms with Gasteiger partial charge >= 0.3 is 0 Å². The largest absolute Gasteiger partial charge is 0.360 e. The first-order chi connectivity index (χ1) is 11.9. The first kappa shape index (κ1) is 18.0. The topological polar surface area (TPSA) is 29.7 Å². The van der Waals surface area contributed by atoms with E-state index in [0.717, 1.165) is 48.2 Å². The highest BCUT2D eigenvalue weighted by molar-refractivity contribution is 6.30. The minimum atomic E-state index is 0.253. The van der Waals surface area contributed by atoms with Gasteiger partial charge in [0.1, 0.15) is 6.54 Å². The van der Waals surface area contributed by atoms with Crippen LogP contribution in [0, 0.1) is 20.8 Å². The number of nitrogens with zero attached hydrogens (tertiary/aromatic N) is 2. The van der Waals surface area contributed by atoms with E-state index in [-0.39, 0.29) is 5.78 Å². The number of anilines is 1. The molecule has 0 amide bonds. The van der Waals surface area contributed by atoms with Gasteiger partial charge in [-0.15, -0.1) is 0 Å². The van der Waals surface area contributed by atoms with Crippen molar-refractivity contribution in [3.8, 4) is 0 Å². The molecule has 3 rings (SSSR count). The van der Waals surface area contributed by atoms with Crippen LogP contribution in [-0.4, -0.2) is 43.1 Å². The van der Waals surface area contributed by atoms with Crippen molar-refractivity contribution in [3.05, 3.63) is 51.8 Å². The number of Topliss-reactive ketones (excluding diaryl/α,β-unsaturated/α-hetero) is 1. The first-order valence-electron chi connectivity index (χ1n) is 8.87. The first-order valence-corrected chi connectivity index (χ1v) is 9.25. The van der Waals surface area contributed by atoms with Crippen LogP contribution in [0.1, 0.15) is 27.3 Å². The van der Waals surface area contributed by atoms with Crippen molar-refractivity contribution in [2.75, 3.05) is 37.6 Å². The molecule has 1 aromatic heterocycles. The van der Waals surface area contributed by atoms with E-state index in [1.165, 1.54) is 16.2 Å². The van der Waals surface area contributed by atoms with Crippen molar-refractivity contribution >= 4 is 23.1 Å². The number of hydrogen-bond acceptors (Lipinski definition) is 2. The van der Waals surface area contributed by atoms with Gasteiger partial charge in [0.15, 0.2) is 0 Å². The molecule has 2 heterocycles. The maximum Gasteiger partial charge on any atom is 0.218 e. The average Bonchev–Trinajstić information content (AvgIpc) is 2.85. The Labute approximate surface area is 155 Å². The Morgan fingerprint density at radius 3 is 2.44 bits per heavy atom. The zero-order valence-corrected chi connectivity index (χ0v) is 16.3. The number of ketones is 1. The summed E-state index contributed by atoms with van der Waals surface area (Å²) in [5.74, 6) is 0.253. The van der Waals surface area contributed by atoms with Crippen LogP contribution in [0.3, 0.4) is 0 Å². The van der Waals surface area contributed by atoms with Crippen LogP contribution in [0.15, 0.2) is 24.3 Å². The molecule has 4 nitrogen and oxygen atoms in total. The fraction of sp³-hybridized carbons (Fsp3) is 0.450. The second kappa shape index (κ2) is 7.22. The monoisotopic (exact) mass is 360 g/mol. The summed E-state index contributed by atoms with van der Waals surface area (Å²) < 4.78 is 2.09. The van der Waals surface area contributed by atoms with Crippen molar-refractivity contribution in [2.24, 2.45) is 7.05 Å². The lowest BCUT2D eigenvalue weighted by molar-refractivity contribution is -0.892. The molecule has 1 aromatic carbocycles. The fourth-order valence-electron chi connectivity index (χ4n) is 3.62. The summed E-state index contributed by atoms with van der Waals surface area (Å²) in [6, 6.07) is 8.07. The van der Waals surface area contributed by atoms with Crippen molar-refractivity contribution in [1.29, 1.82) is 0 Å². The van der Waals surface area contributed by atoms with Crippen LogP contribution in [0.4, 0.5) is 5.69 Å². The Morgan fingerprint density at radius 2 is 1.84 bits per heavy atom. The SMILES string of the molecule is Cc1ccc(Cl)cc1N1CC[NH+](CC(=O)c2cc(C)n(C)c2C)CC1. The summed E-state index contributed by atoms with van der Waals surface area (Å²) >= 11 is 6.15. The van der Waals surface area contributed by atoms with Crippen molar-refractivity contribution in [1.82, 2.24) is 4.57 Å². The zero-order chi connectivity index (χ0) is 18.1. The van der Waals surface area contributed by atoms with Gasteiger partial charge in [0.25, 0.3) is 0 Å². The molecule has 0 aliphatic carbocycles. The number of piperazine rings is 1. The maximum absolute atomic E-state index is 12.7. The van der Waals surface area contributed by atoms with E-state index in [0.29, 0.717) is 6.54 Å². The van der Waals surface area contributed by atoms with Gasteiger partial charge in [-0.05, 0) is 44.5 Å². The van der Waals surface area contributed by atoms with Gasteiger partial charge in [0.05, 0.1) is 26.2 Å². The Bertz CT molecular complexity index is 788. The zero-order valence-electron chi connectivity index (χ0n) is 15.5.